The Balaban J connectivity index is 1.51. The molecule has 1 N–H and O–H groups in total. The summed E-state index contributed by atoms with van der Waals surface area (Å²) in [6.07, 6.45) is 4.29. The number of allylic oxidation sites excluding steroid dienone is 1. The SMILES string of the molecule is CC=CN1CCN(Cc2ccc([C@H](C)Nc3nc(OCC)c4ccc(=O)n(CC(C)(C)C)c4n3)cc2)CC1. The quantitative estimate of drug-likeness (QED) is 0.424. The molecule has 1 aliphatic rings. The Bertz CT molecular complexity index is 1300. The minimum Gasteiger partial charge on any atom is -0.477 e. The lowest BCUT2D eigenvalue weighted by molar-refractivity contribution is 0.162. The summed E-state index contributed by atoms with van der Waals surface area (Å²) in [5, 5.41) is 4.18. The lowest BCUT2D eigenvalue weighted by atomic mass is 9.97. The third-order valence-electron chi connectivity index (χ3n) is 6.72. The number of anilines is 1. The van der Waals surface area contributed by atoms with Crippen LogP contribution in [0.5, 0.6) is 5.88 Å². The van der Waals surface area contributed by atoms with Gasteiger partial charge in [-0.2, -0.15) is 9.97 Å². The van der Waals surface area contributed by atoms with E-state index in [1.54, 1.807) is 16.7 Å². The van der Waals surface area contributed by atoms with Gasteiger partial charge in [0.25, 0.3) is 5.56 Å². The molecule has 38 heavy (non-hydrogen) atoms. The van der Waals surface area contributed by atoms with E-state index < -0.39 is 0 Å². The first-order valence-corrected chi connectivity index (χ1v) is 13.7. The molecular formula is C30H42N6O2. The van der Waals surface area contributed by atoms with E-state index >= 15 is 0 Å². The molecule has 3 aromatic rings. The van der Waals surface area contributed by atoms with Crippen LogP contribution in [0, 0.1) is 5.41 Å². The summed E-state index contributed by atoms with van der Waals surface area (Å²) in [5.41, 5.74) is 2.88. The van der Waals surface area contributed by atoms with Gasteiger partial charge in [0.15, 0.2) is 5.65 Å². The Labute approximate surface area is 226 Å². The van der Waals surface area contributed by atoms with Crippen molar-refractivity contribution in [3.05, 3.63) is 70.2 Å². The highest BCUT2D eigenvalue weighted by atomic mass is 16.5. The topological polar surface area (TPSA) is 75.5 Å². The van der Waals surface area contributed by atoms with Crippen molar-refractivity contribution in [1.82, 2.24) is 24.3 Å². The third-order valence-corrected chi connectivity index (χ3v) is 6.72. The van der Waals surface area contributed by atoms with Crippen LogP contribution >= 0.6 is 0 Å². The van der Waals surface area contributed by atoms with Crippen LogP contribution in [0.1, 0.15) is 58.7 Å². The van der Waals surface area contributed by atoms with Gasteiger partial charge in [0.1, 0.15) is 0 Å². The van der Waals surface area contributed by atoms with Crippen LogP contribution in [0.15, 0.2) is 53.5 Å². The largest absolute Gasteiger partial charge is 0.477 e. The maximum atomic E-state index is 12.8. The molecule has 1 atom stereocenters. The van der Waals surface area contributed by atoms with Crippen molar-refractivity contribution >= 4 is 17.0 Å². The second-order valence-electron chi connectivity index (χ2n) is 11.2. The van der Waals surface area contributed by atoms with E-state index in [1.807, 2.05) is 6.92 Å². The van der Waals surface area contributed by atoms with Gasteiger partial charge in [-0.3, -0.25) is 14.3 Å². The average Bonchev–Trinajstić information content (AvgIpc) is 2.87. The number of pyridine rings is 1. The van der Waals surface area contributed by atoms with Crippen molar-refractivity contribution in [3.8, 4) is 5.88 Å². The van der Waals surface area contributed by atoms with Gasteiger partial charge in [0.2, 0.25) is 11.8 Å². The fourth-order valence-corrected chi connectivity index (χ4v) is 4.80. The molecule has 0 saturated carbocycles. The molecular weight excluding hydrogens is 476 g/mol. The summed E-state index contributed by atoms with van der Waals surface area (Å²) < 4.78 is 7.59. The van der Waals surface area contributed by atoms with Crippen molar-refractivity contribution in [2.75, 3.05) is 38.1 Å². The summed E-state index contributed by atoms with van der Waals surface area (Å²) in [6.45, 7) is 18.7. The number of piperazine rings is 1. The summed E-state index contributed by atoms with van der Waals surface area (Å²) in [6, 6.07) is 12.1. The zero-order valence-corrected chi connectivity index (χ0v) is 23.7. The van der Waals surface area contributed by atoms with Gasteiger partial charge >= 0.3 is 0 Å². The van der Waals surface area contributed by atoms with Gasteiger partial charge in [-0.15, -0.1) is 0 Å². The minimum atomic E-state index is -0.0857. The van der Waals surface area contributed by atoms with Gasteiger partial charge in [-0.1, -0.05) is 51.1 Å². The molecule has 0 radical (unpaired) electrons. The van der Waals surface area contributed by atoms with E-state index in [1.165, 1.54) is 5.56 Å². The number of nitrogens with zero attached hydrogens (tertiary/aromatic N) is 5. The molecule has 8 nitrogen and oxygen atoms in total. The molecule has 0 unspecified atom stereocenters. The molecule has 3 heterocycles. The van der Waals surface area contributed by atoms with Crippen LogP contribution in [0.25, 0.3) is 11.0 Å². The summed E-state index contributed by atoms with van der Waals surface area (Å²) in [5.74, 6) is 0.935. The Hall–Kier alpha value is -3.39. The number of benzene rings is 1. The Kier molecular flexibility index (Phi) is 8.72. The number of fused-ring (bicyclic) bond motifs is 1. The van der Waals surface area contributed by atoms with Crippen molar-refractivity contribution in [3.63, 3.8) is 0 Å². The van der Waals surface area contributed by atoms with Crippen molar-refractivity contribution in [2.45, 2.75) is 60.7 Å². The smallest absolute Gasteiger partial charge is 0.252 e. The molecule has 0 aliphatic carbocycles. The summed E-state index contributed by atoms with van der Waals surface area (Å²) in [4.78, 5) is 27.1. The van der Waals surface area contributed by atoms with Crippen LogP contribution < -0.4 is 15.6 Å². The van der Waals surface area contributed by atoms with Crippen LogP contribution in [-0.2, 0) is 13.1 Å². The Morgan fingerprint density at radius 2 is 1.76 bits per heavy atom. The zero-order valence-electron chi connectivity index (χ0n) is 23.7. The van der Waals surface area contributed by atoms with E-state index in [2.05, 4.69) is 91.3 Å². The second kappa shape index (κ2) is 12.0. The number of ether oxygens (including phenoxy) is 1. The lowest BCUT2D eigenvalue weighted by Crippen LogP contribution is -2.43. The Morgan fingerprint density at radius 1 is 1.05 bits per heavy atom. The zero-order chi connectivity index (χ0) is 27.3. The summed E-state index contributed by atoms with van der Waals surface area (Å²) >= 11 is 0. The molecule has 1 aliphatic heterocycles. The molecule has 8 heteroatoms. The highest BCUT2D eigenvalue weighted by molar-refractivity contribution is 5.81. The molecule has 0 amide bonds. The molecule has 1 saturated heterocycles. The third kappa shape index (κ3) is 6.92. The predicted molar refractivity (Wildman–Crippen MR) is 155 cm³/mol. The molecule has 0 spiro atoms. The van der Waals surface area contributed by atoms with E-state index in [0.29, 0.717) is 30.6 Å². The molecule has 204 valence electrons. The van der Waals surface area contributed by atoms with E-state index in [9.17, 15) is 4.79 Å². The van der Waals surface area contributed by atoms with E-state index in [-0.39, 0.29) is 17.0 Å². The average molecular weight is 519 g/mol. The number of hydrogen-bond acceptors (Lipinski definition) is 7. The van der Waals surface area contributed by atoms with Gasteiger partial charge in [0, 0.05) is 45.3 Å². The number of hydrogen-bond donors (Lipinski definition) is 1. The minimum absolute atomic E-state index is 0.0214. The lowest BCUT2D eigenvalue weighted by Gasteiger charge is -2.34. The van der Waals surface area contributed by atoms with Crippen LogP contribution in [-0.4, -0.2) is 57.1 Å². The number of nitrogens with one attached hydrogen (secondary N) is 1. The van der Waals surface area contributed by atoms with Crippen LogP contribution in [0.2, 0.25) is 0 Å². The molecule has 0 bridgehead atoms. The van der Waals surface area contributed by atoms with Crippen molar-refractivity contribution < 1.29 is 4.74 Å². The van der Waals surface area contributed by atoms with E-state index in [4.69, 9.17) is 9.72 Å². The van der Waals surface area contributed by atoms with Crippen molar-refractivity contribution in [1.29, 1.82) is 0 Å². The maximum Gasteiger partial charge on any atom is 0.252 e. The predicted octanol–water partition coefficient (Wildman–Crippen LogP) is 5.06. The Morgan fingerprint density at radius 3 is 2.39 bits per heavy atom. The van der Waals surface area contributed by atoms with E-state index in [0.717, 1.165) is 43.7 Å². The molecule has 2 aromatic heterocycles. The van der Waals surface area contributed by atoms with Gasteiger partial charge in [-0.25, -0.2) is 0 Å². The second-order valence-corrected chi connectivity index (χ2v) is 11.2. The highest BCUT2D eigenvalue weighted by Crippen LogP contribution is 2.27. The first kappa shape index (κ1) is 27.6. The maximum absolute atomic E-state index is 12.8. The van der Waals surface area contributed by atoms with Gasteiger partial charge in [0.05, 0.1) is 18.0 Å². The molecule has 4 rings (SSSR count). The first-order chi connectivity index (χ1) is 18.2. The fourth-order valence-electron chi connectivity index (χ4n) is 4.80. The highest BCUT2D eigenvalue weighted by Gasteiger charge is 2.19. The number of aromatic nitrogens is 3. The van der Waals surface area contributed by atoms with Crippen LogP contribution in [0.3, 0.4) is 0 Å². The van der Waals surface area contributed by atoms with Gasteiger partial charge in [-0.05, 0) is 49.6 Å². The van der Waals surface area contributed by atoms with Crippen molar-refractivity contribution in [2.24, 2.45) is 5.41 Å². The van der Waals surface area contributed by atoms with Gasteiger partial charge < -0.3 is 15.0 Å². The number of rotatable bonds is 9. The van der Waals surface area contributed by atoms with Crippen LogP contribution in [0.4, 0.5) is 5.95 Å². The normalized spacial score (nSPS) is 15.8. The monoisotopic (exact) mass is 518 g/mol. The standard InChI is InChI=1S/C30H42N6O2/c1-7-15-34-16-18-35(19-17-34)20-23-9-11-24(12-10-23)22(3)31-29-32-27-25(28(33-29)38-8-2)13-14-26(37)36(27)21-30(4,5)6/h7,9-15,22H,8,16-21H2,1-6H3,(H,31,32,33)/t22-/m0/s1. The molecule has 1 aromatic carbocycles. The first-order valence-electron chi connectivity index (χ1n) is 13.7. The summed E-state index contributed by atoms with van der Waals surface area (Å²) in [7, 11) is 0. The fraction of sp³-hybridized carbons (Fsp3) is 0.500. The molecule has 1 fully saturated rings.